The maximum Gasteiger partial charge on any atom is 0.264 e. The highest BCUT2D eigenvalue weighted by molar-refractivity contribution is 7.92. The van der Waals surface area contributed by atoms with Crippen molar-refractivity contribution in [3.63, 3.8) is 0 Å². The maximum absolute atomic E-state index is 13.0. The van der Waals surface area contributed by atoms with Crippen LogP contribution in [-0.2, 0) is 14.8 Å². The highest BCUT2D eigenvalue weighted by Crippen LogP contribution is 2.38. The van der Waals surface area contributed by atoms with Gasteiger partial charge in [-0.05, 0) is 49.4 Å². The zero-order chi connectivity index (χ0) is 20.2. The summed E-state index contributed by atoms with van der Waals surface area (Å²) in [5, 5.41) is 2.39. The second kappa shape index (κ2) is 8.26. The van der Waals surface area contributed by atoms with E-state index in [-0.39, 0.29) is 17.4 Å². The average molecular weight is 395 g/mol. The van der Waals surface area contributed by atoms with Gasteiger partial charge in [-0.1, -0.05) is 0 Å². The van der Waals surface area contributed by atoms with Gasteiger partial charge in [0.25, 0.3) is 10.0 Å². The van der Waals surface area contributed by atoms with E-state index < -0.39 is 21.9 Å². The fourth-order valence-electron chi connectivity index (χ4n) is 2.43. The molecular formula is C18H22FN3O4S. The Bertz CT molecular complexity index is 917. The van der Waals surface area contributed by atoms with Gasteiger partial charge in [0, 0.05) is 19.7 Å². The summed E-state index contributed by atoms with van der Waals surface area (Å²) in [4.78, 5) is 9.73. The average Bonchev–Trinajstić information content (AvgIpc) is 2.62. The Hall–Kier alpha value is -2.81. The number of nitrogens with zero attached hydrogens (tertiary/aromatic N) is 1. The minimum absolute atomic E-state index is 0.00463. The van der Waals surface area contributed by atoms with Crippen molar-refractivity contribution in [3.05, 3.63) is 48.3 Å². The summed E-state index contributed by atoms with van der Waals surface area (Å²) < 4.78 is 45.6. The van der Waals surface area contributed by atoms with Gasteiger partial charge in [0.05, 0.1) is 16.6 Å². The van der Waals surface area contributed by atoms with Gasteiger partial charge in [0.2, 0.25) is 5.91 Å². The number of nitrogens with one attached hydrogen (secondary N) is 1. The van der Waals surface area contributed by atoms with Gasteiger partial charge in [-0.15, -0.1) is 0 Å². The fourth-order valence-corrected chi connectivity index (χ4v) is 4.07. The quantitative estimate of drug-likeness (QED) is 0.759. The zero-order valence-electron chi connectivity index (χ0n) is 15.3. The molecule has 1 aliphatic heterocycles. The topological polar surface area (TPSA) is 102 Å². The van der Waals surface area contributed by atoms with Crippen molar-refractivity contribution in [1.82, 2.24) is 5.32 Å². The summed E-state index contributed by atoms with van der Waals surface area (Å²) in [7, 11) is -2.23. The summed E-state index contributed by atoms with van der Waals surface area (Å²) in [6.07, 6.45) is 0. The Morgan fingerprint density at radius 2 is 1.85 bits per heavy atom. The van der Waals surface area contributed by atoms with Crippen molar-refractivity contribution < 1.29 is 22.3 Å². The summed E-state index contributed by atoms with van der Waals surface area (Å²) >= 11 is 0. The smallest absolute Gasteiger partial charge is 0.264 e. The molecule has 0 aliphatic carbocycles. The van der Waals surface area contributed by atoms with E-state index in [1.54, 1.807) is 32.2 Å². The third kappa shape index (κ3) is 4.68. The molecule has 1 aliphatic rings. The van der Waals surface area contributed by atoms with Crippen molar-refractivity contribution in [2.45, 2.75) is 24.8 Å². The first-order valence-electron chi connectivity index (χ1n) is 8.17. The summed E-state index contributed by atoms with van der Waals surface area (Å²) in [5.41, 5.74) is 6.60. The zero-order valence-corrected chi connectivity index (χ0v) is 16.1. The lowest BCUT2D eigenvalue weighted by Crippen LogP contribution is -2.45. The molecule has 0 unspecified atom stereocenters. The lowest BCUT2D eigenvalue weighted by molar-refractivity contribution is -0.118. The lowest BCUT2D eigenvalue weighted by atomic mass is 10.2. The summed E-state index contributed by atoms with van der Waals surface area (Å²) in [6.45, 7) is 3.45. The maximum atomic E-state index is 13.0. The molecule has 2 aromatic rings. The van der Waals surface area contributed by atoms with Crippen LogP contribution in [0.2, 0.25) is 0 Å². The number of ether oxygens (including phenoxy) is 1. The van der Waals surface area contributed by atoms with E-state index in [1.807, 2.05) is 0 Å². The molecule has 1 atom stereocenters. The third-order valence-corrected chi connectivity index (χ3v) is 5.77. The molecule has 146 valence electrons. The number of hydrogen-bond donors (Lipinski definition) is 2. The molecule has 9 heteroatoms. The first kappa shape index (κ1) is 20.5. The van der Waals surface area contributed by atoms with Gasteiger partial charge in [-0.3, -0.25) is 9.10 Å². The van der Waals surface area contributed by atoms with Gasteiger partial charge in [-0.25, -0.2) is 12.8 Å². The van der Waals surface area contributed by atoms with Crippen molar-refractivity contribution in [3.8, 4) is 5.75 Å². The molecule has 0 saturated carbocycles. The Labute approximate surface area is 158 Å². The number of nitrogens with two attached hydrogens (primary N) is 1. The molecule has 0 fully saturated rings. The second-order valence-corrected chi connectivity index (χ2v) is 7.76. The number of benzene rings is 2. The van der Waals surface area contributed by atoms with E-state index in [2.05, 4.69) is 5.32 Å². The van der Waals surface area contributed by atoms with Crippen LogP contribution in [0.3, 0.4) is 0 Å². The van der Waals surface area contributed by atoms with Crippen LogP contribution >= 0.6 is 0 Å². The predicted molar refractivity (Wildman–Crippen MR) is 102 cm³/mol. The number of anilines is 2. The van der Waals surface area contributed by atoms with Crippen LogP contribution < -0.4 is 20.1 Å². The van der Waals surface area contributed by atoms with E-state index in [0.29, 0.717) is 17.1 Å². The Morgan fingerprint density at radius 3 is 2.41 bits per heavy atom. The number of nitrogen functional groups attached to an aromatic ring is 1. The molecule has 7 nitrogen and oxygen atoms in total. The van der Waals surface area contributed by atoms with Crippen molar-refractivity contribution in [2.24, 2.45) is 0 Å². The van der Waals surface area contributed by atoms with Crippen molar-refractivity contribution in [1.29, 1.82) is 0 Å². The Balaban J connectivity index is 0.000000465. The normalized spacial score (nSPS) is 15.7. The van der Waals surface area contributed by atoms with Crippen molar-refractivity contribution in [2.75, 3.05) is 23.7 Å². The van der Waals surface area contributed by atoms with Gasteiger partial charge in [0.1, 0.15) is 18.2 Å². The number of sulfonamides is 1. The van der Waals surface area contributed by atoms with E-state index in [9.17, 15) is 17.6 Å². The molecule has 1 amide bonds. The van der Waals surface area contributed by atoms with Crippen molar-refractivity contribution >= 4 is 27.3 Å². The summed E-state index contributed by atoms with van der Waals surface area (Å²) in [5.74, 6) is -0.0263. The molecule has 27 heavy (non-hydrogen) atoms. The Morgan fingerprint density at radius 1 is 1.26 bits per heavy atom. The van der Waals surface area contributed by atoms with Gasteiger partial charge in [0.15, 0.2) is 0 Å². The summed E-state index contributed by atoms with van der Waals surface area (Å²) in [6, 6.07) is 9.20. The predicted octanol–water partition coefficient (Wildman–Crippen LogP) is 2.14. The third-order valence-electron chi connectivity index (χ3n) is 3.82. The Kier molecular flexibility index (Phi) is 6.27. The lowest BCUT2D eigenvalue weighted by Gasteiger charge is -2.35. The molecular weight excluding hydrogens is 373 g/mol. The van der Waals surface area contributed by atoms with Crippen LogP contribution in [-0.4, -0.2) is 34.0 Å². The fraction of sp³-hybridized carbons (Fsp3) is 0.278. The van der Waals surface area contributed by atoms with Gasteiger partial charge in [-0.2, -0.15) is 0 Å². The number of halogens is 1. The van der Waals surface area contributed by atoms with Crippen LogP contribution in [0.15, 0.2) is 47.4 Å². The first-order chi connectivity index (χ1) is 12.7. The molecule has 1 heterocycles. The van der Waals surface area contributed by atoms with Crippen LogP contribution in [0.4, 0.5) is 15.8 Å². The number of rotatable bonds is 2. The molecule has 0 spiro atoms. The second-order valence-electron chi connectivity index (χ2n) is 5.95. The number of carbonyl (C=O) groups excluding carboxylic acids is 1. The van der Waals surface area contributed by atoms with E-state index >= 15 is 0 Å². The minimum atomic E-state index is -3.83. The molecule has 3 N–H and O–H groups in total. The molecule has 0 saturated heterocycles. The van der Waals surface area contributed by atoms with Crippen LogP contribution in [0.5, 0.6) is 5.75 Å². The molecule has 2 aromatic carbocycles. The minimum Gasteiger partial charge on any atom is -0.489 e. The molecule has 0 aromatic heterocycles. The number of hydrogen-bond acceptors (Lipinski definition) is 5. The van der Waals surface area contributed by atoms with Crippen LogP contribution in [0.25, 0.3) is 0 Å². The molecule has 3 rings (SSSR count). The van der Waals surface area contributed by atoms with E-state index in [0.717, 1.165) is 12.1 Å². The number of fused-ring (bicyclic) bond motifs is 1. The van der Waals surface area contributed by atoms with Crippen LogP contribution in [0, 0.1) is 5.82 Å². The highest BCUT2D eigenvalue weighted by atomic mass is 32.2. The molecule has 0 bridgehead atoms. The molecule has 0 radical (unpaired) electrons. The van der Waals surface area contributed by atoms with Crippen LogP contribution in [0.1, 0.15) is 13.8 Å². The first-order valence-corrected chi connectivity index (χ1v) is 9.61. The standard InChI is InChI=1S/C15H15FN2O3S.C3H7NO/c1-10-9-21-15-7-4-12(17)8-14(15)18(10)22(19,20)13-5-2-11(16)3-6-13;1-3(5)4-2/h2-8,10H,9,17H2,1H3;1-2H3,(H,4,5)/t10-;/m1./s1. The monoisotopic (exact) mass is 395 g/mol. The highest BCUT2D eigenvalue weighted by Gasteiger charge is 2.35. The SMILES string of the molecule is CNC(C)=O.C[C@@H]1COc2ccc(N)cc2N1S(=O)(=O)c1ccc(F)cc1. The largest absolute Gasteiger partial charge is 0.489 e. The van der Waals surface area contributed by atoms with Gasteiger partial charge < -0.3 is 15.8 Å². The number of amides is 1. The van der Waals surface area contributed by atoms with E-state index in [4.69, 9.17) is 10.5 Å². The number of carbonyl (C=O) groups is 1. The van der Waals surface area contributed by atoms with E-state index in [1.165, 1.54) is 23.4 Å². The van der Waals surface area contributed by atoms with Gasteiger partial charge >= 0.3 is 0 Å².